The molecule has 1 fully saturated rings. The third-order valence-electron chi connectivity index (χ3n) is 5.74. The number of methoxy groups -OCH3 is 1. The van der Waals surface area contributed by atoms with E-state index in [1.807, 2.05) is 0 Å². The highest BCUT2D eigenvalue weighted by Gasteiger charge is 2.17. The number of rotatable bonds is 5. The van der Waals surface area contributed by atoms with Crippen molar-refractivity contribution in [1.29, 1.82) is 0 Å². The van der Waals surface area contributed by atoms with E-state index in [0.29, 0.717) is 0 Å². The maximum atomic E-state index is 5.26. The topological polar surface area (TPSA) is 9.23 Å². The van der Waals surface area contributed by atoms with E-state index in [1.165, 1.54) is 68.1 Å². The van der Waals surface area contributed by atoms with Crippen LogP contribution in [0.15, 0.2) is 48.5 Å². The van der Waals surface area contributed by atoms with E-state index >= 15 is 0 Å². The predicted octanol–water partition coefficient (Wildman–Crippen LogP) is 6.38. The molecular formula is C24H32O. The highest BCUT2D eigenvalue weighted by Crippen LogP contribution is 2.30. The summed E-state index contributed by atoms with van der Waals surface area (Å²) in [5.41, 5.74) is 4.38. The third-order valence-corrected chi connectivity index (χ3v) is 5.74. The largest absolute Gasteiger partial charge is 0.497 e. The molecule has 0 spiro atoms. The van der Waals surface area contributed by atoms with Crippen molar-refractivity contribution in [3.8, 4) is 5.75 Å². The van der Waals surface area contributed by atoms with E-state index < -0.39 is 0 Å². The van der Waals surface area contributed by atoms with Crippen LogP contribution in [-0.4, -0.2) is 7.11 Å². The van der Waals surface area contributed by atoms with E-state index in [0.717, 1.165) is 17.6 Å². The van der Waals surface area contributed by atoms with Gasteiger partial charge in [0.1, 0.15) is 5.75 Å². The van der Waals surface area contributed by atoms with Crippen LogP contribution in [0.4, 0.5) is 0 Å². The smallest absolute Gasteiger partial charge is 0.118 e. The molecule has 0 radical (unpaired) electrons. The van der Waals surface area contributed by atoms with Gasteiger partial charge < -0.3 is 4.74 Å². The zero-order valence-electron chi connectivity index (χ0n) is 15.8. The summed E-state index contributed by atoms with van der Waals surface area (Å²) in [5.74, 6) is 2.69. The van der Waals surface area contributed by atoms with Crippen LogP contribution in [0, 0.1) is 18.8 Å². The van der Waals surface area contributed by atoms with E-state index in [2.05, 4.69) is 55.5 Å². The van der Waals surface area contributed by atoms with Crippen LogP contribution >= 0.6 is 0 Å². The first kappa shape index (κ1) is 18.0. The SMILES string of the molecule is COc1ccc(CC2CCCC(Cc3cccc(C)c3)CCC2)cc1. The van der Waals surface area contributed by atoms with Crippen LogP contribution in [0.5, 0.6) is 5.75 Å². The summed E-state index contributed by atoms with van der Waals surface area (Å²) < 4.78 is 5.26. The average Bonchev–Trinajstić information content (AvgIpc) is 2.60. The summed E-state index contributed by atoms with van der Waals surface area (Å²) in [6.07, 6.45) is 10.8. The number of ether oxygens (including phenoxy) is 1. The molecule has 1 saturated carbocycles. The standard InChI is InChI=1S/C24H32O/c1-19-6-3-11-23(16-19)18-21-9-4-7-20(8-5-10-21)17-22-12-14-24(25-2)15-13-22/h3,6,11-16,20-21H,4-5,7-10,17-18H2,1-2H3. The fourth-order valence-corrected chi connectivity index (χ4v) is 4.35. The van der Waals surface area contributed by atoms with Gasteiger partial charge in [-0.1, -0.05) is 80.5 Å². The Hall–Kier alpha value is -1.76. The lowest BCUT2D eigenvalue weighted by Gasteiger charge is -2.25. The Kier molecular flexibility index (Phi) is 6.55. The molecule has 0 atom stereocenters. The Morgan fingerprint density at radius 1 is 0.800 bits per heavy atom. The first-order valence-corrected chi connectivity index (χ1v) is 9.91. The second kappa shape index (κ2) is 9.08. The molecule has 0 bridgehead atoms. The van der Waals surface area contributed by atoms with Gasteiger partial charge in [-0.3, -0.25) is 0 Å². The molecule has 0 aromatic heterocycles. The van der Waals surface area contributed by atoms with Crippen molar-refractivity contribution in [2.24, 2.45) is 11.8 Å². The molecule has 1 heteroatoms. The van der Waals surface area contributed by atoms with Crippen molar-refractivity contribution in [2.75, 3.05) is 7.11 Å². The van der Waals surface area contributed by atoms with Crippen LogP contribution in [0.2, 0.25) is 0 Å². The summed E-state index contributed by atoms with van der Waals surface area (Å²) in [4.78, 5) is 0. The fraction of sp³-hybridized carbons (Fsp3) is 0.500. The zero-order chi connectivity index (χ0) is 17.5. The Morgan fingerprint density at radius 2 is 1.40 bits per heavy atom. The van der Waals surface area contributed by atoms with E-state index in [-0.39, 0.29) is 0 Å². The van der Waals surface area contributed by atoms with Gasteiger partial charge in [0.2, 0.25) is 0 Å². The molecule has 0 amide bonds. The number of hydrogen-bond acceptors (Lipinski definition) is 1. The van der Waals surface area contributed by atoms with E-state index in [4.69, 9.17) is 4.74 Å². The Morgan fingerprint density at radius 3 is 1.96 bits per heavy atom. The second-order valence-electron chi connectivity index (χ2n) is 7.84. The van der Waals surface area contributed by atoms with Gasteiger partial charge in [0.25, 0.3) is 0 Å². The maximum absolute atomic E-state index is 5.26. The number of aryl methyl sites for hydroxylation is 1. The molecule has 0 saturated heterocycles. The Balaban J connectivity index is 1.48. The van der Waals surface area contributed by atoms with Crippen molar-refractivity contribution in [2.45, 2.75) is 58.3 Å². The van der Waals surface area contributed by atoms with Gasteiger partial charge in [-0.25, -0.2) is 0 Å². The van der Waals surface area contributed by atoms with E-state index in [1.54, 1.807) is 7.11 Å². The average molecular weight is 337 g/mol. The number of hydrogen-bond donors (Lipinski definition) is 0. The lowest BCUT2D eigenvalue weighted by Crippen LogP contribution is -2.13. The van der Waals surface area contributed by atoms with Crippen molar-refractivity contribution >= 4 is 0 Å². The highest BCUT2D eigenvalue weighted by molar-refractivity contribution is 5.27. The zero-order valence-corrected chi connectivity index (χ0v) is 15.8. The van der Waals surface area contributed by atoms with Gasteiger partial charge in [0.15, 0.2) is 0 Å². The lowest BCUT2D eigenvalue weighted by molar-refractivity contribution is 0.314. The second-order valence-corrected chi connectivity index (χ2v) is 7.84. The monoisotopic (exact) mass is 336 g/mol. The van der Waals surface area contributed by atoms with Gasteiger partial charge in [-0.2, -0.15) is 0 Å². The van der Waals surface area contributed by atoms with Crippen molar-refractivity contribution < 1.29 is 4.74 Å². The number of benzene rings is 2. The maximum Gasteiger partial charge on any atom is 0.118 e. The normalized spacial score (nSPS) is 21.4. The highest BCUT2D eigenvalue weighted by atomic mass is 16.5. The van der Waals surface area contributed by atoms with Gasteiger partial charge >= 0.3 is 0 Å². The minimum atomic E-state index is 0.855. The van der Waals surface area contributed by atoms with Gasteiger partial charge in [0.05, 0.1) is 7.11 Å². The lowest BCUT2D eigenvalue weighted by atomic mass is 9.81. The van der Waals surface area contributed by atoms with Crippen LogP contribution in [-0.2, 0) is 12.8 Å². The third kappa shape index (κ3) is 5.63. The summed E-state index contributed by atoms with van der Waals surface area (Å²) in [6.45, 7) is 2.20. The molecule has 0 unspecified atom stereocenters. The quantitative estimate of drug-likeness (QED) is 0.616. The molecule has 1 nitrogen and oxygen atoms in total. The van der Waals surface area contributed by atoms with Crippen LogP contribution in [0.25, 0.3) is 0 Å². The fourth-order valence-electron chi connectivity index (χ4n) is 4.35. The van der Waals surface area contributed by atoms with Gasteiger partial charge in [-0.15, -0.1) is 0 Å². The molecule has 0 N–H and O–H groups in total. The first-order valence-electron chi connectivity index (χ1n) is 9.91. The molecule has 0 aliphatic heterocycles. The van der Waals surface area contributed by atoms with Crippen molar-refractivity contribution in [3.05, 3.63) is 65.2 Å². The summed E-state index contributed by atoms with van der Waals surface area (Å²) in [6, 6.07) is 17.7. The Bertz CT molecular complexity index is 633. The molecule has 2 aromatic rings. The summed E-state index contributed by atoms with van der Waals surface area (Å²) in [5, 5.41) is 0. The minimum Gasteiger partial charge on any atom is -0.497 e. The molecule has 1 aliphatic rings. The van der Waals surface area contributed by atoms with Crippen LogP contribution in [0.3, 0.4) is 0 Å². The van der Waals surface area contributed by atoms with Crippen LogP contribution in [0.1, 0.15) is 55.2 Å². The van der Waals surface area contributed by atoms with E-state index in [9.17, 15) is 0 Å². The predicted molar refractivity (Wildman–Crippen MR) is 106 cm³/mol. The molecule has 2 aromatic carbocycles. The minimum absolute atomic E-state index is 0.855. The Labute approximate surface area is 153 Å². The molecule has 3 rings (SSSR count). The van der Waals surface area contributed by atoms with Crippen LogP contribution < -0.4 is 4.74 Å². The van der Waals surface area contributed by atoms with Gasteiger partial charge in [-0.05, 0) is 54.9 Å². The van der Waals surface area contributed by atoms with Gasteiger partial charge in [0, 0.05) is 0 Å². The molecule has 134 valence electrons. The van der Waals surface area contributed by atoms with Crippen molar-refractivity contribution in [3.63, 3.8) is 0 Å². The summed E-state index contributed by atoms with van der Waals surface area (Å²) in [7, 11) is 1.73. The first-order chi connectivity index (χ1) is 12.2. The summed E-state index contributed by atoms with van der Waals surface area (Å²) >= 11 is 0. The molecule has 25 heavy (non-hydrogen) atoms. The van der Waals surface area contributed by atoms with Crippen molar-refractivity contribution in [1.82, 2.24) is 0 Å². The molecule has 1 aliphatic carbocycles. The molecular weight excluding hydrogens is 304 g/mol. The molecule has 0 heterocycles.